The van der Waals surface area contributed by atoms with Gasteiger partial charge in [0.15, 0.2) is 11.5 Å². The van der Waals surface area contributed by atoms with Crippen LogP contribution in [0.3, 0.4) is 0 Å². The molecule has 0 aliphatic heterocycles. The molecule has 1 aliphatic rings. The van der Waals surface area contributed by atoms with Crippen molar-refractivity contribution in [2.24, 2.45) is 0 Å². The number of hydrogen-bond acceptors (Lipinski definition) is 4. The zero-order valence-corrected chi connectivity index (χ0v) is 8.86. The third-order valence-electron chi connectivity index (χ3n) is 2.75. The molecule has 0 atom stereocenters. The molecule has 5 nitrogen and oxygen atoms in total. The van der Waals surface area contributed by atoms with Gasteiger partial charge in [0.1, 0.15) is 0 Å². The number of Topliss-reactive ketones (excluding diaryl/α,β-unsaturated/α-hetero) is 1. The second kappa shape index (κ2) is 3.92. The summed E-state index contributed by atoms with van der Waals surface area (Å²) in [6.07, 6.45) is 1.98. The molecule has 0 unspecified atom stereocenters. The molecule has 84 valence electrons. The maximum atomic E-state index is 11.6. The number of ether oxygens (including phenoxy) is 1. The summed E-state index contributed by atoms with van der Waals surface area (Å²) in [4.78, 5) is 21.9. The number of nitro benzene ring substituents is 1. The van der Waals surface area contributed by atoms with Crippen LogP contribution < -0.4 is 4.74 Å². The van der Waals surface area contributed by atoms with Crippen LogP contribution in [0.4, 0.5) is 5.69 Å². The number of methoxy groups -OCH3 is 1. The largest absolute Gasteiger partial charge is 0.490 e. The van der Waals surface area contributed by atoms with E-state index < -0.39 is 4.92 Å². The first-order valence-electron chi connectivity index (χ1n) is 5.02. The van der Waals surface area contributed by atoms with Crippen molar-refractivity contribution < 1.29 is 14.5 Å². The number of nitro groups is 1. The van der Waals surface area contributed by atoms with Gasteiger partial charge in [-0.05, 0) is 24.5 Å². The molecule has 2 rings (SSSR count). The second-order valence-electron chi connectivity index (χ2n) is 3.72. The molecule has 0 amide bonds. The summed E-state index contributed by atoms with van der Waals surface area (Å²) in [6.45, 7) is 0. The summed E-state index contributed by atoms with van der Waals surface area (Å²) in [5.41, 5.74) is 1.24. The van der Waals surface area contributed by atoms with E-state index in [0.717, 1.165) is 12.0 Å². The van der Waals surface area contributed by atoms with E-state index in [4.69, 9.17) is 4.74 Å². The number of ketones is 1. The van der Waals surface area contributed by atoms with Crippen LogP contribution in [0.1, 0.15) is 28.8 Å². The molecular formula is C11H11NO4. The molecule has 0 radical (unpaired) electrons. The van der Waals surface area contributed by atoms with E-state index in [-0.39, 0.29) is 17.2 Å². The lowest BCUT2D eigenvalue weighted by Crippen LogP contribution is -2.11. The van der Waals surface area contributed by atoms with Gasteiger partial charge in [0.25, 0.3) is 0 Å². The van der Waals surface area contributed by atoms with Crippen LogP contribution >= 0.6 is 0 Å². The second-order valence-corrected chi connectivity index (χ2v) is 3.72. The number of carbonyl (C=O) groups excluding carboxylic acids is 1. The summed E-state index contributed by atoms with van der Waals surface area (Å²) in [5, 5.41) is 10.8. The minimum atomic E-state index is -0.488. The summed E-state index contributed by atoms with van der Waals surface area (Å²) in [5.74, 6) is 0.188. The van der Waals surface area contributed by atoms with Crippen LogP contribution in [-0.2, 0) is 6.42 Å². The zero-order valence-electron chi connectivity index (χ0n) is 8.86. The lowest BCUT2D eigenvalue weighted by atomic mass is 9.90. The topological polar surface area (TPSA) is 69.4 Å². The van der Waals surface area contributed by atoms with Crippen molar-refractivity contribution in [2.45, 2.75) is 19.3 Å². The first kappa shape index (κ1) is 10.6. The van der Waals surface area contributed by atoms with Gasteiger partial charge in [-0.3, -0.25) is 14.9 Å². The molecule has 0 fully saturated rings. The number of nitrogens with zero attached hydrogens (tertiary/aromatic N) is 1. The maximum absolute atomic E-state index is 11.6. The van der Waals surface area contributed by atoms with Crippen molar-refractivity contribution in [3.8, 4) is 5.75 Å². The van der Waals surface area contributed by atoms with Crippen molar-refractivity contribution >= 4 is 11.5 Å². The molecule has 0 aromatic heterocycles. The molecule has 0 bridgehead atoms. The fourth-order valence-electron chi connectivity index (χ4n) is 1.96. The Balaban J connectivity index is 2.59. The molecule has 0 saturated heterocycles. The van der Waals surface area contributed by atoms with Gasteiger partial charge in [0, 0.05) is 18.1 Å². The van der Waals surface area contributed by atoms with E-state index in [2.05, 4.69) is 0 Å². The van der Waals surface area contributed by atoms with Crippen LogP contribution in [0.2, 0.25) is 0 Å². The highest BCUT2D eigenvalue weighted by molar-refractivity contribution is 5.99. The Labute approximate surface area is 92.2 Å². The fraction of sp³-hybridized carbons (Fsp3) is 0.364. The van der Waals surface area contributed by atoms with Crippen molar-refractivity contribution in [2.75, 3.05) is 7.11 Å². The van der Waals surface area contributed by atoms with E-state index in [0.29, 0.717) is 18.4 Å². The van der Waals surface area contributed by atoms with E-state index in [1.807, 2.05) is 0 Å². The molecule has 16 heavy (non-hydrogen) atoms. The van der Waals surface area contributed by atoms with Gasteiger partial charge in [0.2, 0.25) is 0 Å². The number of aryl methyl sites for hydroxylation is 1. The molecular weight excluding hydrogens is 210 g/mol. The first-order chi connectivity index (χ1) is 7.63. The molecule has 0 N–H and O–H groups in total. The molecule has 1 aromatic rings. The summed E-state index contributed by atoms with van der Waals surface area (Å²) in [7, 11) is 1.36. The standard InChI is InChI=1S/C11H11NO4/c1-16-11-6-8-7(3-2-4-10(8)13)5-9(11)12(14)15/h5-6H,2-4H2,1H3. The predicted octanol–water partition coefficient (Wildman–Crippen LogP) is 2.12. The zero-order chi connectivity index (χ0) is 11.7. The van der Waals surface area contributed by atoms with Gasteiger partial charge in [-0.2, -0.15) is 0 Å². The highest BCUT2D eigenvalue weighted by Gasteiger charge is 2.24. The van der Waals surface area contributed by atoms with Crippen molar-refractivity contribution in [3.05, 3.63) is 33.4 Å². The SMILES string of the molecule is COc1cc2c(cc1[N+](=O)[O-])CCCC2=O. The Bertz CT molecular complexity index is 452. The molecule has 5 heteroatoms. The molecule has 0 saturated carbocycles. The molecule has 1 aromatic carbocycles. The van der Waals surface area contributed by atoms with E-state index in [1.54, 1.807) is 0 Å². The van der Waals surface area contributed by atoms with Crippen molar-refractivity contribution in [1.82, 2.24) is 0 Å². The molecule has 0 heterocycles. The quantitative estimate of drug-likeness (QED) is 0.566. The number of fused-ring (bicyclic) bond motifs is 1. The first-order valence-corrected chi connectivity index (χ1v) is 5.02. The minimum absolute atomic E-state index is 0.0365. The van der Waals surface area contributed by atoms with Crippen molar-refractivity contribution in [3.63, 3.8) is 0 Å². The summed E-state index contributed by atoms with van der Waals surface area (Å²) < 4.78 is 4.93. The smallest absolute Gasteiger partial charge is 0.311 e. The number of hydrogen-bond donors (Lipinski definition) is 0. The van der Waals surface area contributed by atoms with Gasteiger partial charge >= 0.3 is 5.69 Å². The Kier molecular flexibility index (Phi) is 2.60. The lowest BCUT2D eigenvalue weighted by molar-refractivity contribution is -0.385. The maximum Gasteiger partial charge on any atom is 0.311 e. The van der Waals surface area contributed by atoms with Crippen LogP contribution in [-0.4, -0.2) is 17.8 Å². The van der Waals surface area contributed by atoms with Gasteiger partial charge in [-0.1, -0.05) is 0 Å². The lowest BCUT2D eigenvalue weighted by Gasteiger charge is -2.15. The van der Waals surface area contributed by atoms with Crippen LogP contribution in [0.5, 0.6) is 5.75 Å². The Morgan fingerprint density at radius 2 is 2.12 bits per heavy atom. The summed E-state index contributed by atoms with van der Waals surface area (Å²) >= 11 is 0. The number of rotatable bonds is 2. The van der Waals surface area contributed by atoms with Gasteiger partial charge in [0.05, 0.1) is 12.0 Å². The normalized spacial score (nSPS) is 14.4. The number of benzene rings is 1. The highest BCUT2D eigenvalue weighted by Crippen LogP contribution is 2.33. The Morgan fingerprint density at radius 3 is 2.75 bits per heavy atom. The number of carbonyl (C=O) groups is 1. The molecule has 0 spiro atoms. The van der Waals surface area contributed by atoms with E-state index in [1.165, 1.54) is 19.2 Å². The predicted molar refractivity (Wildman–Crippen MR) is 56.9 cm³/mol. The van der Waals surface area contributed by atoms with Crippen LogP contribution in [0.25, 0.3) is 0 Å². The highest BCUT2D eigenvalue weighted by atomic mass is 16.6. The third-order valence-corrected chi connectivity index (χ3v) is 2.75. The third kappa shape index (κ3) is 1.64. The fourth-order valence-corrected chi connectivity index (χ4v) is 1.96. The van der Waals surface area contributed by atoms with Crippen molar-refractivity contribution in [1.29, 1.82) is 0 Å². The van der Waals surface area contributed by atoms with Gasteiger partial charge in [-0.25, -0.2) is 0 Å². The van der Waals surface area contributed by atoms with Gasteiger partial charge in [-0.15, -0.1) is 0 Å². The van der Waals surface area contributed by atoms with E-state index in [9.17, 15) is 14.9 Å². The monoisotopic (exact) mass is 221 g/mol. The molecule has 1 aliphatic carbocycles. The summed E-state index contributed by atoms with van der Waals surface area (Å²) in [6, 6.07) is 2.93. The Morgan fingerprint density at radius 1 is 1.38 bits per heavy atom. The van der Waals surface area contributed by atoms with Crippen LogP contribution in [0.15, 0.2) is 12.1 Å². The van der Waals surface area contributed by atoms with Gasteiger partial charge < -0.3 is 4.74 Å². The average Bonchev–Trinajstić information content (AvgIpc) is 2.28. The average molecular weight is 221 g/mol. The van der Waals surface area contributed by atoms with E-state index >= 15 is 0 Å². The minimum Gasteiger partial charge on any atom is -0.490 e. The van der Waals surface area contributed by atoms with Crippen LogP contribution in [0, 0.1) is 10.1 Å². The Hall–Kier alpha value is -1.91.